The van der Waals surface area contributed by atoms with Gasteiger partial charge in [-0.2, -0.15) is 0 Å². The zero-order valence-corrected chi connectivity index (χ0v) is 13.6. The molecule has 0 heterocycles. The standard InChI is InChI=1S/C11H16BrN3.HI/c1-13-11(14-2)15(3)8-9-4-6-10(12)7-5-9;/h4-7H,8H2,1-3H3,(H,13,14);1H. The number of benzene rings is 1. The van der Waals surface area contributed by atoms with Crippen LogP contribution >= 0.6 is 39.9 Å². The van der Waals surface area contributed by atoms with E-state index in [1.54, 1.807) is 7.05 Å². The Morgan fingerprint density at radius 2 is 1.94 bits per heavy atom. The van der Waals surface area contributed by atoms with E-state index in [1.165, 1.54) is 5.56 Å². The van der Waals surface area contributed by atoms with Crippen LogP contribution in [0.4, 0.5) is 0 Å². The molecule has 16 heavy (non-hydrogen) atoms. The number of hydrogen-bond acceptors (Lipinski definition) is 1. The van der Waals surface area contributed by atoms with E-state index in [9.17, 15) is 0 Å². The van der Waals surface area contributed by atoms with Gasteiger partial charge in [0.1, 0.15) is 0 Å². The second kappa shape index (κ2) is 7.89. The summed E-state index contributed by atoms with van der Waals surface area (Å²) in [6, 6.07) is 8.30. The zero-order valence-electron chi connectivity index (χ0n) is 9.70. The van der Waals surface area contributed by atoms with Gasteiger partial charge in [0.25, 0.3) is 0 Å². The molecule has 0 bridgehead atoms. The molecule has 1 aromatic rings. The van der Waals surface area contributed by atoms with Crippen molar-refractivity contribution in [3.63, 3.8) is 0 Å². The summed E-state index contributed by atoms with van der Waals surface area (Å²) in [5.41, 5.74) is 1.26. The van der Waals surface area contributed by atoms with Crippen molar-refractivity contribution in [1.82, 2.24) is 10.2 Å². The second-order valence-electron chi connectivity index (χ2n) is 3.28. The first kappa shape index (κ1) is 15.7. The fourth-order valence-electron chi connectivity index (χ4n) is 1.41. The molecule has 0 spiro atoms. The number of nitrogens with zero attached hydrogens (tertiary/aromatic N) is 2. The molecule has 0 fully saturated rings. The van der Waals surface area contributed by atoms with E-state index < -0.39 is 0 Å². The van der Waals surface area contributed by atoms with Crippen LogP contribution in [0.1, 0.15) is 5.56 Å². The third-order valence-electron chi connectivity index (χ3n) is 2.13. The molecule has 0 aromatic heterocycles. The monoisotopic (exact) mass is 397 g/mol. The van der Waals surface area contributed by atoms with Gasteiger partial charge in [-0.1, -0.05) is 28.1 Å². The third-order valence-corrected chi connectivity index (χ3v) is 2.66. The van der Waals surface area contributed by atoms with Crippen molar-refractivity contribution in [3.05, 3.63) is 34.3 Å². The molecular weight excluding hydrogens is 381 g/mol. The van der Waals surface area contributed by atoms with E-state index in [0.717, 1.165) is 17.0 Å². The lowest BCUT2D eigenvalue weighted by molar-refractivity contribution is 0.483. The molecule has 0 aliphatic carbocycles. The van der Waals surface area contributed by atoms with E-state index in [1.807, 2.05) is 26.2 Å². The van der Waals surface area contributed by atoms with Gasteiger partial charge in [-0.15, -0.1) is 24.0 Å². The molecule has 0 aliphatic rings. The van der Waals surface area contributed by atoms with Gasteiger partial charge in [0.05, 0.1) is 0 Å². The summed E-state index contributed by atoms with van der Waals surface area (Å²) in [5.74, 6) is 0.887. The summed E-state index contributed by atoms with van der Waals surface area (Å²) in [6.45, 7) is 0.848. The van der Waals surface area contributed by atoms with Gasteiger partial charge in [0.15, 0.2) is 5.96 Å². The highest BCUT2D eigenvalue weighted by atomic mass is 127. The van der Waals surface area contributed by atoms with E-state index >= 15 is 0 Å². The first-order valence-corrected chi connectivity index (χ1v) is 5.56. The molecule has 0 saturated heterocycles. The van der Waals surface area contributed by atoms with Crippen molar-refractivity contribution in [2.75, 3.05) is 21.1 Å². The van der Waals surface area contributed by atoms with Crippen LogP contribution in [-0.2, 0) is 6.54 Å². The van der Waals surface area contributed by atoms with Gasteiger partial charge in [0, 0.05) is 32.2 Å². The lowest BCUT2D eigenvalue weighted by Gasteiger charge is -2.20. The number of aliphatic imine (C=N–C) groups is 1. The molecule has 5 heteroatoms. The minimum atomic E-state index is 0. The topological polar surface area (TPSA) is 27.6 Å². The maximum Gasteiger partial charge on any atom is 0.193 e. The first-order chi connectivity index (χ1) is 7.17. The molecule has 1 N–H and O–H groups in total. The van der Waals surface area contributed by atoms with Crippen LogP contribution in [0.3, 0.4) is 0 Å². The van der Waals surface area contributed by atoms with Crippen LogP contribution in [-0.4, -0.2) is 32.0 Å². The quantitative estimate of drug-likeness (QED) is 0.472. The summed E-state index contributed by atoms with van der Waals surface area (Å²) < 4.78 is 1.10. The lowest BCUT2D eigenvalue weighted by Crippen LogP contribution is -2.36. The van der Waals surface area contributed by atoms with E-state index in [2.05, 4.69) is 43.3 Å². The fraction of sp³-hybridized carbons (Fsp3) is 0.364. The van der Waals surface area contributed by atoms with E-state index in [-0.39, 0.29) is 24.0 Å². The third kappa shape index (κ3) is 4.69. The Hall–Kier alpha value is -0.300. The van der Waals surface area contributed by atoms with Crippen molar-refractivity contribution in [2.24, 2.45) is 4.99 Å². The van der Waals surface area contributed by atoms with Gasteiger partial charge in [-0.25, -0.2) is 0 Å². The largest absolute Gasteiger partial charge is 0.359 e. The molecule has 0 radical (unpaired) electrons. The van der Waals surface area contributed by atoms with Gasteiger partial charge in [0.2, 0.25) is 0 Å². The minimum Gasteiger partial charge on any atom is -0.359 e. The lowest BCUT2D eigenvalue weighted by atomic mass is 10.2. The molecule has 3 nitrogen and oxygen atoms in total. The van der Waals surface area contributed by atoms with E-state index in [4.69, 9.17) is 0 Å². The van der Waals surface area contributed by atoms with E-state index in [0.29, 0.717) is 0 Å². The second-order valence-corrected chi connectivity index (χ2v) is 4.20. The highest BCUT2D eigenvalue weighted by Gasteiger charge is 2.03. The molecule has 0 aliphatic heterocycles. The van der Waals surface area contributed by atoms with Crippen LogP contribution in [0.15, 0.2) is 33.7 Å². The normalized spacial score (nSPS) is 10.6. The maximum absolute atomic E-state index is 4.14. The summed E-state index contributed by atoms with van der Waals surface area (Å²) in [7, 11) is 5.67. The number of rotatable bonds is 2. The number of guanidine groups is 1. The van der Waals surface area contributed by atoms with Crippen LogP contribution in [0.2, 0.25) is 0 Å². The van der Waals surface area contributed by atoms with Crippen molar-refractivity contribution < 1.29 is 0 Å². The molecule has 0 unspecified atom stereocenters. The Morgan fingerprint density at radius 1 is 1.38 bits per heavy atom. The first-order valence-electron chi connectivity index (χ1n) is 4.77. The van der Waals surface area contributed by atoms with Gasteiger partial charge >= 0.3 is 0 Å². The van der Waals surface area contributed by atoms with Crippen molar-refractivity contribution in [2.45, 2.75) is 6.54 Å². The number of nitrogens with one attached hydrogen (secondary N) is 1. The fourth-order valence-corrected chi connectivity index (χ4v) is 1.68. The highest BCUT2D eigenvalue weighted by Crippen LogP contribution is 2.11. The molecule has 1 rings (SSSR count). The Bertz CT molecular complexity index is 338. The number of halogens is 2. The van der Waals surface area contributed by atoms with Gasteiger partial charge in [-0.05, 0) is 17.7 Å². The van der Waals surface area contributed by atoms with Gasteiger partial charge in [-0.3, -0.25) is 4.99 Å². The molecule has 0 atom stereocenters. The van der Waals surface area contributed by atoms with Crippen LogP contribution in [0, 0.1) is 0 Å². The van der Waals surface area contributed by atoms with Crippen molar-refractivity contribution in [3.8, 4) is 0 Å². The summed E-state index contributed by atoms with van der Waals surface area (Å²) in [5, 5.41) is 3.05. The summed E-state index contributed by atoms with van der Waals surface area (Å²) in [4.78, 5) is 6.22. The minimum absolute atomic E-state index is 0. The average Bonchev–Trinajstić information content (AvgIpc) is 2.23. The summed E-state index contributed by atoms with van der Waals surface area (Å²) in [6.07, 6.45) is 0. The molecule has 0 amide bonds. The summed E-state index contributed by atoms with van der Waals surface area (Å²) >= 11 is 3.42. The maximum atomic E-state index is 4.14. The average molecular weight is 398 g/mol. The van der Waals surface area contributed by atoms with Crippen LogP contribution in [0.5, 0.6) is 0 Å². The van der Waals surface area contributed by atoms with Crippen LogP contribution < -0.4 is 5.32 Å². The highest BCUT2D eigenvalue weighted by molar-refractivity contribution is 14.0. The predicted molar refractivity (Wildman–Crippen MR) is 83.4 cm³/mol. The smallest absolute Gasteiger partial charge is 0.193 e. The van der Waals surface area contributed by atoms with Crippen LogP contribution in [0.25, 0.3) is 0 Å². The number of hydrogen-bond donors (Lipinski definition) is 1. The van der Waals surface area contributed by atoms with Crippen molar-refractivity contribution >= 4 is 45.9 Å². The predicted octanol–water partition coefficient (Wildman–Crippen LogP) is 2.70. The Labute approximate surface area is 122 Å². The Morgan fingerprint density at radius 3 is 2.38 bits per heavy atom. The van der Waals surface area contributed by atoms with Gasteiger partial charge < -0.3 is 10.2 Å². The molecular formula is C11H17BrIN3. The zero-order chi connectivity index (χ0) is 11.3. The molecule has 90 valence electrons. The Kier molecular flexibility index (Phi) is 7.74. The molecule has 1 aromatic carbocycles. The van der Waals surface area contributed by atoms with Crippen molar-refractivity contribution in [1.29, 1.82) is 0 Å². The Balaban J connectivity index is 0.00000225. The molecule has 0 saturated carbocycles. The SMILES string of the molecule is CN=C(NC)N(C)Cc1ccc(Br)cc1.I.